The Bertz CT molecular complexity index is 718. The Hall–Kier alpha value is -2.06. The van der Waals surface area contributed by atoms with Gasteiger partial charge in [0.15, 0.2) is 0 Å². The van der Waals surface area contributed by atoms with Gasteiger partial charge >= 0.3 is 5.97 Å². The molecule has 6 nitrogen and oxygen atoms in total. The number of amides is 1. The van der Waals surface area contributed by atoms with E-state index < -0.39 is 5.97 Å². The molecule has 0 bridgehead atoms. The molecule has 1 aromatic carbocycles. The molecule has 0 aliphatic carbocycles. The predicted octanol–water partition coefficient (Wildman–Crippen LogP) is 3.00. The van der Waals surface area contributed by atoms with Gasteiger partial charge in [-0.1, -0.05) is 6.07 Å². The van der Waals surface area contributed by atoms with Gasteiger partial charge in [-0.15, -0.1) is 11.3 Å². The summed E-state index contributed by atoms with van der Waals surface area (Å²) in [5.41, 5.74) is 0.662. The van der Waals surface area contributed by atoms with Gasteiger partial charge in [0, 0.05) is 5.56 Å². The maximum atomic E-state index is 11.8. The molecule has 0 saturated heterocycles. The topological polar surface area (TPSA) is 73.9 Å². The minimum Gasteiger partial charge on any atom is -0.496 e. The number of methoxy groups -OCH3 is 2. The van der Waals surface area contributed by atoms with Crippen molar-refractivity contribution in [3.05, 3.63) is 44.6 Å². The average molecular weight is 414 g/mol. The molecule has 0 unspecified atom stereocenters. The van der Waals surface area contributed by atoms with E-state index in [1.165, 1.54) is 18.4 Å². The number of ether oxygens (including phenoxy) is 3. The van der Waals surface area contributed by atoms with Crippen LogP contribution in [0.4, 0.5) is 0 Å². The van der Waals surface area contributed by atoms with Gasteiger partial charge in [-0.2, -0.15) is 0 Å². The molecule has 1 N–H and O–H groups in total. The minimum absolute atomic E-state index is 0.0144. The van der Waals surface area contributed by atoms with Crippen molar-refractivity contribution < 1.29 is 23.8 Å². The number of hydrogen-bond acceptors (Lipinski definition) is 6. The standard InChI is InChI=1S/C16H16BrNO5S/c1-21-12-7-11(17)13(22-2)6-10(12)9-23-15(19)8-18-16(20)14-4-3-5-24-14/h3-7H,8-9H2,1-2H3,(H,18,20). The first-order valence-electron chi connectivity index (χ1n) is 6.93. The zero-order valence-electron chi connectivity index (χ0n) is 13.1. The van der Waals surface area contributed by atoms with Crippen LogP contribution >= 0.6 is 27.3 Å². The predicted molar refractivity (Wildman–Crippen MR) is 93.7 cm³/mol. The molecule has 0 spiro atoms. The summed E-state index contributed by atoms with van der Waals surface area (Å²) in [6.45, 7) is -0.187. The highest BCUT2D eigenvalue weighted by Crippen LogP contribution is 2.33. The van der Waals surface area contributed by atoms with E-state index in [4.69, 9.17) is 14.2 Å². The smallest absolute Gasteiger partial charge is 0.325 e. The van der Waals surface area contributed by atoms with Gasteiger partial charge < -0.3 is 19.5 Å². The molecule has 8 heteroatoms. The van der Waals surface area contributed by atoms with Crippen molar-refractivity contribution in [3.63, 3.8) is 0 Å². The monoisotopic (exact) mass is 413 g/mol. The Morgan fingerprint density at radius 2 is 1.96 bits per heavy atom. The average Bonchev–Trinajstić information content (AvgIpc) is 3.12. The van der Waals surface area contributed by atoms with Crippen molar-refractivity contribution >= 4 is 39.1 Å². The number of benzene rings is 1. The van der Waals surface area contributed by atoms with Gasteiger partial charge in [0.25, 0.3) is 5.91 Å². The summed E-state index contributed by atoms with van der Waals surface area (Å²) in [7, 11) is 3.07. The lowest BCUT2D eigenvalue weighted by Gasteiger charge is -2.12. The Kier molecular flexibility index (Phi) is 6.62. The molecule has 1 amide bonds. The molecule has 1 aromatic heterocycles. The highest BCUT2D eigenvalue weighted by atomic mass is 79.9. The summed E-state index contributed by atoms with van der Waals surface area (Å²) in [6.07, 6.45) is 0. The summed E-state index contributed by atoms with van der Waals surface area (Å²) in [6, 6.07) is 6.91. The largest absolute Gasteiger partial charge is 0.496 e. The van der Waals surface area contributed by atoms with Gasteiger partial charge in [-0.05, 0) is 39.5 Å². The molecule has 0 radical (unpaired) electrons. The number of hydrogen-bond donors (Lipinski definition) is 1. The van der Waals surface area contributed by atoms with Crippen LogP contribution in [0.5, 0.6) is 11.5 Å². The van der Waals surface area contributed by atoms with Crippen LogP contribution < -0.4 is 14.8 Å². The molecule has 128 valence electrons. The Balaban J connectivity index is 1.90. The Morgan fingerprint density at radius 3 is 2.58 bits per heavy atom. The molecule has 0 atom stereocenters. The minimum atomic E-state index is -0.538. The van der Waals surface area contributed by atoms with Crippen LogP contribution in [0.2, 0.25) is 0 Å². The normalized spacial score (nSPS) is 10.1. The fraction of sp³-hybridized carbons (Fsp3) is 0.250. The second kappa shape index (κ2) is 8.70. The van der Waals surface area contributed by atoms with Gasteiger partial charge in [0.05, 0.1) is 23.6 Å². The summed E-state index contributed by atoms with van der Waals surface area (Å²) in [4.78, 5) is 24.1. The van der Waals surface area contributed by atoms with E-state index in [9.17, 15) is 9.59 Å². The first-order chi connectivity index (χ1) is 11.5. The number of carbonyl (C=O) groups excluding carboxylic acids is 2. The number of esters is 1. The fourth-order valence-corrected chi connectivity index (χ4v) is 3.02. The molecule has 2 rings (SSSR count). The second-order valence-electron chi connectivity index (χ2n) is 4.62. The molecule has 0 saturated carbocycles. The molecular formula is C16H16BrNO5S. The first kappa shape index (κ1) is 18.3. The molecule has 0 fully saturated rings. The highest BCUT2D eigenvalue weighted by Gasteiger charge is 2.13. The molecular weight excluding hydrogens is 398 g/mol. The van der Waals surface area contributed by atoms with E-state index >= 15 is 0 Å². The van der Waals surface area contributed by atoms with Crippen molar-refractivity contribution in [1.82, 2.24) is 5.32 Å². The van der Waals surface area contributed by atoms with Crippen molar-refractivity contribution in [2.24, 2.45) is 0 Å². The maximum absolute atomic E-state index is 11.8. The number of carbonyl (C=O) groups is 2. The fourth-order valence-electron chi connectivity index (χ4n) is 1.89. The van der Waals surface area contributed by atoms with Gasteiger partial charge in [0.1, 0.15) is 24.7 Å². The lowest BCUT2D eigenvalue weighted by Crippen LogP contribution is -2.30. The summed E-state index contributed by atoms with van der Waals surface area (Å²) in [5, 5.41) is 4.31. The number of thiophene rings is 1. The van der Waals surface area contributed by atoms with E-state index in [1.807, 2.05) is 0 Å². The molecule has 1 heterocycles. The molecule has 24 heavy (non-hydrogen) atoms. The van der Waals surface area contributed by atoms with Crippen molar-refractivity contribution in [2.75, 3.05) is 20.8 Å². The summed E-state index contributed by atoms with van der Waals surface area (Å²) >= 11 is 4.67. The van der Waals surface area contributed by atoms with Crippen LogP contribution in [0.1, 0.15) is 15.2 Å². The summed E-state index contributed by atoms with van der Waals surface area (Å²) < 4.78 is 16.4. The lowest BCUT2D eigenvalue weighted by molar-refractivity contribution is -0.143. The highest BCUT2D eigenvalue weighted by molar-refractivity contribution is 9.10. The molecule has 0 aliphatic rings. The van der Waals surface area contributed by atoms with Crippen molar-refractivity contribution in [3.8, 4) is 11.5 Å². The van der Waals surface area contributed by atoms with Crippen molar-refractivity contribution in [2.45, 2.75) is 6.61 Å². The third kappa shape index (κ3) is 4.72. The number of nitrogens with one attached hydrogen (secondary N) is 1. The van der Waals surface area contributed by atoms with E-state index in [0.717, 1.165) is 4.47 Å². The summed E-state index contributed by atoms with van der Waals surface area (Å²) in [5.74, 6) is 0.333. The van der Waals surface area contributed by atoms with Crippen LogP contribution in [-0.2, 0) is 16.1 Å². The third-order valence-corrected chi connectivity index (χ3v) is 4.57. The van der Waals surface area contributed by atoms with E-state index in [2.05, 4.69) is 21.2 Å². The van der Waals surface area contributed by atoms with Crippen LogP contribution in [-0.4, -0.2) is 32.6 Å². The Labute approximate surface area is 151 Å². The van der Waals surface area contributed by atoms with Gasteiger partial charge in [-0.3, -0.25) is 9.59 Å². The lowest BCUT2D eigenvalue weighted by atomic mass is 10.2. The van der Waals surface area contributed by atoms with Crippen LogP contribution in [0.15, 0.2) is 34.1 Å². The number of halogens is 1. The SMILES string of the molecule is COc1cc(COC(=O)CNC(=O)c2cccs2)c(OC)cc1Br. The second-order valence-corrected chi connectivity index (χ2v) is 6.42. The number of rotatable bonds is 7. The van der Waals surface area contributed by atoms with Crippen LogP contribution in [0.3, 0.4) is 0 Å². The molecule has 2 aromatic rings. The zero-order chi connectivity index (χ0) is 17.5. The quantitative estimate of drug-likeness (QED) is 0.706. The van der Waals surface area contributed by atoms with E-state index in [-0.39, 0.29) is 19.1 Å². The van der Waals surface area contributed by atoms with E-state index in [0.29, 0.717) is 21.9 Å². The first-order valence-corrected chi connectivity index (χ1v) is 8.60. The van der Waals surface area contributed by atoms with Gasteiger partial charge in [-0.25, -0.2) is 0 Å². The maximum Gasteiger partial charge on any atom is 0.325 e. The third-order valence-electron chi connectivity index (χ3n) is 3.08. The van der Waals surface area contributed by atoms with Gasteiger partial charge in [0.2, 0.25) is 0 Å². The van der Waals surface area contributed by atoms with Crippen molar-refractivity contribution in [1.29, 1.82) is 0 Å². The molecule has 0 aliphatic heterocycles. The zero-order valence-corrected chi connectivity index (χ0v) is 15.5. The van der Waals surface area contributed by atoms with E-state index in [1.54, 1.807) is 36.8 Å². The Morgan fingerprint density at radius 1 is 1.21 bits per heavy atom. The van der Waals surface area contributed by atoms with Crippen LogP contribution in [0, 0.1) is 0 Å². The van der Waals surface area contributed by atoms with Crippen LogP contribution in [0.25, 0.3) is 0 Å².